The maximum absolute atomic E-state index is 11.7. The fourth-order valence-corrected chi connectivity index (χ4v) is 1.23. The summed E-state index contributed by atoms with van der Waals surface area (Å²) in [4.78, 5) is 23.3. The van der Waals surface area contributed by atoms with E-state index in [-0.39, 0.29) is 41.9 Å². The van der Waals surface area contributed by atoms with Crippen LogP contribution in [-0.4, -0.2) is 11.9 Å². The van der Waals surface area contributed by atoms with E-state index in [1.807, 2.05) is 0 Å². The SMILES string of the molecule is CC(C)C(=O)Nc1ccc(N)cc1OC(=O)C(C)C.Cl. The lowest BCUT2D eigenvalue weighted by atomic mass is 10.2. The van der Waals surface area contributed by atoms with Gasteiger partial charge < -0.3 is 15.8 Å². The summed E-state index contributed by atoms with van der Waals surface area (Å²) in [6.07, 6.45) is 0. The summed E-state index contributed by atoms with van der Waals surface area (Å²) in [5.74, 6) is -0.661. The van der Waals surface area contributed by atoms with Gasteiger partial charge in [-0.2, -0.15) is 0 Å². The molecule has 0 radical (unpaired) electrons. The first-order chi connectivity index (χ1) is 8.81. The summed E-state index contributed by atoms with van der Waals surface area (Å²) in [5, 5.41) is 2.71. The molecule has 0 bridgehead atoms. The lowest BCUT2D eigenvalue weighted by molar-refractivity contribution is -0.137. The van der Waals surface area contributed by atoms with Crippen LogP contribution in [0.4, 0.5) is 11.4 Å². The van der Waals surface area contributed by atoms with Gasteiger partial charge in [-0.25, -0.2) is 0 Å². The zero-order valence-corrected chi connectivity index (χ0v) is 12.9. The van der Waals surface area contributed by atoms with Crippen LogP contribution in [0.1, 0.15) is 27.7 Å². The van der Waals surface area contributed by atoms with Gasteiger partial charge in [0.25, 0.3) is 0 Å². The first-order valence-corrected chi connectivity index (χ1v) is 6.23. The Bertz CT molecular complexity index is 487. The summed E-state index contributed by atoms with van der Waals surface area (Å²) < 4.78 is 5.23. The minimum absolute atomic E-state index is 0. The molecule has 1 aromatic carbocycles. The standard InChI is InChI=1S/C14H20N2O3.ClH/c1-8(2)13(17)16-11-6-5-10(15)7-12(11)19-14(18)9(3)4;/h5-9H,15H2,1-4H3,(H,16,17);1H. The number of hydrogen-bond donors (Lipinski definition) is 2. The molecule has 0 aliphatic carbocycles. The Kier molecular flexibility index (Phi) is 7.07. The Morgan fingerprint density at radius 3 is 2.25 bits per heavy atom. The van der Waals surface area contributed by atoms with Crippen LogP contribution in [0.25, 0.3) is 0 Å². The van der Waals surface area contributed by atoms with E-state index in [9.17, 15) is 9.59 Å². The van der Waals surface area contributed by atoms with Gasteiger partial charge in [-0.15, -0.1) is 12.4 Å². The summed E-state index contributed by atoms with van der Waals surface area (Å²) in [6.45, 7) is 7.04. The van der Waals surface area contributed by atoms with Gasteiger partial charge in [0.2, 0.25) is 5.91 Å². The number of benzene rings is 1. The number of ether oxygens (including phenoxy) is 1. The van der Waals surface area contributed by atoms with Crippen LogP contribution < -0.4 is 15.8 Å². The third-order valence-electron chi connectivity index (χ3n) is 2.47. The molecule has 0 unspecified atom stereocenters. The topological polar surface area (TPSA) is 81.4 Å². The van der Waals surface area contributed by atoms with Crippen molar-refractivity contribution < 1.29 is 14.3 Å². The van der Waals surface area contributed by atoms with Crippen molar-refractivity contribution in [1.29, 1.82) is 0 Å². The number of rotatable bonds is 4. The van der Waals surface area contributed by atoms with E-state index >= 15 is 0 Å². The largest absolute Gasteiger partial charge is 0.424 e. The number of hydrogen-bond acceptors (Lipinski definition) is 4. The maximum Gasteiger partial charge on any atom is 0.313 e. The molecule has 0 fully saturated rings. The Morgan fingerprint density at radius 2 is 1.75 bits per heavy atom. The molecule has 0 aliphatic heterocycles. The fourth-order valence-electron chi connectivity index (χ4n) is 1.23. The van der Waals surface area contributed by atoms with Crippen molar-refractivity contribution >= 4 is 35.7 Å². The molecule has 0 saturated carbocycles. The molecule has 20 heavy (non-hydrogen) atoms. The number of halogens is 1. The van der Waals surface area contributed by atoms with Crippen LogP contribution in [0.2, 0.25) is 0 Å². The van der Waals surface area contributed by atoms with Gasteiger partial charge in [0.05, 0.1) is 11.6 Å². The number of esters is 1. The first kappa shape index (κ1) is 18.2. The second kappa shape index (κ2) is 7.75. The quantitative estimate of drug-likeness (QED) is 0.509. The molecule has 6 heteroatoms. The van der Waals surface area contributed by atoms with Crippen LogP contribution >= 0.6 is 12.4 Å². The van der Waals surface area contributed by atoms with Crippen molar-refractivity contribution in [1.82, 2.24) is 0 Å². The van der Waals surface area contributed by atoms with Crippen LogP contribution in [0.15, 0.2) is 18.2 Å². The lowest BCUT2D eigenvalue weighted by Crippen LogP contribution is -2.20. The Morgan fingerprint density at radius 1 is 1.15 bits per heavy atom. The summed E-state index contributed by atoms with van der Waals surface area (Å²) >= 11 is 0. The van der Waals surface area contributed by atoms with Gasteiger partial charge in [0, 0.05) is 17.7 Å². The number of anilines is 2. The predicted molar refractivity (Wildman–Crippen MR) is 82.0 cm³/mol. The Hall–Kier alpha value is -1.75. The van der Waals surface area contributed by atoms with E-state index in [0.717, 1.165) is 0 Å². The van der Waals surface area contributed by atoms with Crippen LogP contribution in [0, 0.1) is 11.8 Å². The third kappa shape index (κ3) is 5.09. The Labute approximate surface area is 125 Å². The van der Waals surface area contributed by atoms with Gasteiger partial charge >= 0.3 is 5.97 Å². The van der Waals surface area contributed by atoms with Crippen molar-refractivity contribution in [3.8, 4) is 5.75 Å². The second-order valence-corrected chi connectivity index (χ2v) is 4.98. The highest BCUT2D eigenvalue weighted by Crippen LogP contribution is 2.28. The predicted octanol–water partition coefficient (Wildman–Crippen LogP) is 2.85. The smallest absolute Gasteiger partial charge is 0.313 e. The van der Waals surface area contributed by atoms with Crippen molar-refractivity contribution in [2.24, 2.45) is 11.8 Å². The number of nitrogen functional groups attached to an aromatic ring is 1. The molecule has 1 amide bonds. The van der Waals surface area contributed by atoms with E-state index < -0.39 is 0 Å². The molecule has 1 aromatic rings. The molecule has 1 rings (SSSR count). The highest BCUT2D eigenvalue weighted by atomic mass is 35.5. The monoisotopic (exact) mass is 300 g/mol. The molecule has 0 atom stereocenters. The van der Waals surface area contributed by atoms with Crippen LogP contribution in [-0.2, 0) is 9.59 Å². The molecule has 0 spiro atoms. The number of carbonyl (C=O) groups is 2. The van der Waals surface area contributed by atoms with Crippen LogP contribution in [0.5, 0.6) is 5.75 Å². The van der Waals surface area contributed by atoms with Gasteiger partial charge in [-0.1, -0.05) is 27.7 Å². The average Bonchev–Trinajstić information content (AvgIpc) is 2.32. The van der Waals surface area contributed by atoms with Gasteiger partial charge in [-0.3, -0.25) is 9.59 Å². The molecule has 0 aliphatic rings. The average molecular weight is 301 g/mol. The molecule has 0 aromatic heterocycles. The van der Waals surface area contributed by atoms with Crippen LogP contribution in [0.3, 0.4) is 0 Å². The normalized spacial score (nSPS) is 10.1. The number of amides is 1. The van der Waals surface area contributed by atoms with Crippen molar-refractivity contribution in [3.63, 3.8) is 0 Å². The maximum atomic E-state index is 11.7. The van der Waals surface area contributed by atoms with E-state index in [1.54, 1.807) is 39.8 Å². The zero-order valence-electron chi connectivity index (χ0n) is 12.1. The number of carbonyl (C=O) groups excluding carboxylic acids is 2. The first-order valence-electron chi connectivity index (χ1n) is 6.23. The number of nitrogens with two attached hydrogens (primary N) is 1. The minimum atomic E-state index is -0.370. The summed E-state index contributed by atoms with van der Waals surface area (Å²) in [6, 6.07) is 4.79. The van der Waals surface area contributed by atoms with E-state index in [2.05, 4.69) is 5.32 Å². The molecule has 112 valence electrons. The van der Waals surface area contributed by atoms with Gasteiger partial charge in [0.1, 0.15) is 0 Å². The second-order valence-electron chi connectivity index (χ2n) is 4.98. The number of nitrogens with one attached hydrogen (secondary N) is 1. The Balaban J connectivity index is 0.00000361. The highest BCUT2D eigenvalue weighted by molar-refractivity contribution is 5.94. The fraction of sp³-hybridized carbons (Fsp3) is 0.429. The summed E-state index contributed by atoms with van der Waals surface area (Å²) in [7, 11) is 0. The van der Waals surface area contributed by atoms with Crippen molar-refractivity contribution in [2.75, 3.05) is 11.1 Å². The highest BCUT2D eigenvalue weighted by Gasteiger charge is 2.15. The lowest BCUT2D eigenvalue weighted by Gasteiger charge is -2.14. The molecule has 0 saturated heterocycles. The third-order valence-corrected chi connectivity index (χ3v) is 2.47. The molecule has 5 nitrogen and oxygen atoms in total. The van der Waals surface area contributed by atoms with E-state index in [0.29, 0.717) is 11.4 Å². The van der Waals surface area contributed by atoms with E-state index in [1.165, 1.54) is 6.07 Å². The van der Waals surface area contributed by atoms with Gasteiger partial charge in [0.15, 0.2) is 5.75 Å². The zero-order chi connectivity index (χ0) is 14.6. The van der Waals surface area contributed by atoms with E-state index in [4.69, 9.17) is 10.5 Å². The van der Waals surface area contributed by atoms with Crippen molar-refractivity contribution in [2.45, 2.75) is 27.7 Å². The van der Waals surface area contributed by atoms with Crippen molar-refractivity contribution in [3.05, 3.63) is 18.2 Å². The van der Waals surface area contributed by atoms with Gasteiger partial charge in [-0.05, 0) is 12.1 Å². The molecule has 0 heterocycles. The molecule has 3 N–H and O–H groups in total. The molecular weight excluding hydrogens is 280 g/mol. The molecular formula is C14H21ClN2O3. The summed E-state index contributed by atoms with van der Waals surface area (Å²) in [5.41, 5.74) is 6.58. The minimum Gasteiger partial charge on any atom is -0.424 e.